The first-order valence-corrected chi connectivity index (χ1v) is 11.1. The number of imidazole rings is 1. The van der Waals surface area contributed by atoms with Gasteiger partial charge >= 0.3 is 5.97 Å². The maximum Gasteiger partial charge on any atom is 0.326 e. The van der Waals surface area contributed by atoms with Crippen molar-refractivity contribution in [2.45, 2.75) is 57.3 Å². The van der Waals surface area contributed by atoms with Gasteiger partial charge in [0.05, 0.1) is 12.9 Å². The molecular formula is C20H34N10O6. The number of hydrogen-bond donors (Lipinski definition) is 9. The highest BCUT2D eigenvalue weighted by atomic mass is 16.4. The first kappa shape index (κ1) is 29.8. The van der Waals surface area contributed by atoms with Gasteiger partial charge in [-0.2, -0.15) is 0 Å². The van der Waals surface area contributed by atoms with Crippen LogP contribution >= 0.6 is 0 Å². The molecule has 1 heterocycles. The van der Waals surface area contributed by atoms with Gasteiger partial charge < -0.3 is 48.6 Å². The fraction of sp³-hybridized carbons (Fsp3) is 0.550. The molecule has 0 radical (unpaired) electrons. The van der Waals surface area contributed by atoms with Crippen LogP contribution in [0.25, 0.3) is 0 Å². The average molecular weight is 511 g/mol. The Labute approximate surface area is 207 Å². The van der Waals surface area contributed by atoms with Crippen LogP contribution in [0.2, 0.25) is 0 Å². The van der Waals surface area contributed by atoms with Crippen molar-refractivity contribution in [2.24, 2.45) is 22.2 Å². The summed E-state index contributed by atoms with van der Waals surface area (Å²) < 4.78 is 0. The van der Waals surface area contributed by atoms with Gasteiger partial charge in [0.25, 0.3) is 0 Å². The van der Waals surface area contributed by atoms with Crippen LogP contribution in [0.15, 0.2) is 17.5 Å². The number of nitrogens with one attached hydrogen (secondary N) is 5. The third-order valence-corrected chi connectivity index (χ3v) is 4.88. The summed E-state index contributed by atoms with van der Waals surface area (Å²) >= 11 is 0. The summed E-state index contributed by atoms with van der Waals surface area (Å²) in [5, 5.41) is 19.1. The molecule has 36 heavy (non-hydrogen) atoms. The van der Waals surface area contributed by atoms with Gasteiger partial charge in [0.2, 0.25) is 23.6 Å². The van der Waals surface area contributed by atoms with Crippen molar-refractivity contribution in [2.75, 3.05) is 13.1 Å². The van der Waals surface area contributed by atoms with Gasteiger partial charge in [-0.15, -0.1) is 0 Å². The van der Waals surface area contributed by atoms with Gasteiger partial charge in [-0.05, 0) is 26.7 Å². The van der Waals surface area contributed by atoms with Crippen LogP contribution < -0.4 is 38.5 Å². The minimum absolute atomic E-state index is 0.00596. The van der Waals surface area contributed by atoms with E-state index in [1.807, 2.05) is 0 Å². The Bertz CT molecular complexity index is 931. The minimum Gasteiger partial charge on any atom is -0.480 e. The van der Waals surface area contributed by atoms with E-state index in [0.29, 0.717) is 12.1 Å². The van der Waals surface area contributed by atoms with Crippen LogP contribution in [0.3, 0.4) is 0 Å². The summed E-state index contributed by atoms with van der Waals surface area (Å²) in [4.78, 5) is 71.3. The zero-order chi connectivity index (χ0) is 27.3. The fourth-order valence-corrected chi connectivity index (χ4v) is 2.93. The molecule has 0 bridgehead atoms. The molecule has 0 aliphatic heterocycles. The number of aromatic nitrogens is 2. The number of carboxylic acids is 1. The van der Waals surface area contributed by atoms with Crippen molar-refractivity contribution in [3.8, 4) is 0 Å². The number of carbonyl (C=O) groups excluding carboxylic acids is 4. The number of aliphatic imine (C=N–C) groups is 1. The van der Waals surface area contributed by atoms with Gasteiger partial charge in [-0.25, -0.2) is 9.78 Å². The number of aromatic amines is 1. The SMILES string of the molecule is C[C@H](NC(=O)CN)C(=O)N[C@@H](Cc1cnc[nH]1)C(=O)N[C@@H](C)C(=O)N[C@@H](CCCN=C(N)N)C(=O)O. The summed E-state index contributed by atoms with van der Waals surface area (Å²) in [6.07, 6.45) is 3.22. The van der Waals surface area contributed by atoms with Crippen molar-refractivity contribution < 1.29 is 29.1 Å². The van der Waals surface area contributed by atoms with E-state index < -0.39 is 53.8 Å². The molecule has 0 saturated heterocycles. The van der Waals surface area contributed by atoms with Gasteiger partial charge in [0.1, 0.15) is 24.2 Å². The van der Waals surface area contributed by atoms with Crippen LogP contribution in [0.4, 0.5) is 0 Å². The van der Waals surface area contributed by atoms with Gasteiger partial charge in [-0.1, -0.05) is 0 Å². The van der Waals surface area contributed by atoms with Crippen LogP contribution in [0.5, 0.6) is 0 Å². The molecule has 0 aliphatic carbocycles. The molecule has 0 aromatic carbocycles. The van der Waals surface area contributed by atoms with Crippen molar-refractivity contribution in [3.63, 3.8) is 0 Å². The number of hydrogen-bond acceptors (Lipinski definition) is 8. The predicted molar refractivity (Wildman–Crippen MR) is 128 cm³/mol. The monoisotopic (exact) mass is 510 g/mol. The van der Waals surface area contributed by atoms with E-state index in [-0.39, 0.29) is 31.9 Å². The van der Waals surface area contributed by atoms with E-state index in [1.54, 1.807) is 0 Å². The third-order valence-electron chi connectivity index (χ3n) is 4.88. The molecule has 1 aromatic heterocycles. The Morgan fingerprint density at radius 2 is 1.61 bits per heavy atom. The Morgan fingerprint density at radius 1 is 1.00 bits per heavy atom. The zero-order valence-corrected chi connectivity index (χ0v) is 20.1. The first-order chi connectivity index (χ1) is 16.9. The molecule has 4 atom stereocenters. The molecule has 0 fully saturated rings. The second-order valence-corrected chi connectivity index (χ2v) is 7.91. The molecule has 4 amide bonds. The molecule has 0 aliphatic rings. The Hall–Kier alpha value is -4.21. The molecule has 16 heteroatoms. The second kappa shape index (κ2) is 14.9. The number of rotatable bonds is 15. The lowest BCUT2D eigenvalue weighted by Gasteiger charge is -2.23. The molecule has 200 valence electrons. The first-order valence-electron chi connectivity index (χ1n) is 11.1. The number of H-pyrrole nitrogens is 1. The number of nitrogens with two attached hydrogens (primary N) is 3. The maximum absolute atomic E-state index is 12.9. The van der Waals surface area contributed by atoms with Crippen LogP contribution in [-0.2, 0) is 30.4 Å². The maximum atomic E-state index is 12.9. The van der Waals surface area contributed by atoms with Crippen molar-refractivity contribution >= 4 is 35.6 Å². The van der Waals surface area contributed by atoms with Crippen LogP contribution in [0, 0.1) is 0 Å². The third kappa shape index (κ3) is 10.8. The Kier molecular flexibility index (Phi) is 12.4. The van der Waals surface area contributed by atoms with E-state index in [2.05, 4.69) is 36.2 Å². The topological polar surface area (TPSA) is 273 Å². The number of carbonyl (C=O) groups is 5. The minimum atomic E-state index is -1.26. The number of guanidine groups is 1. The lowest BCUT2D eigenvalue weighted by Crippen LogP contribution is -2.57. The van der Waals surface area contributed by atoms with Crippen molar-refractivity contribution in [1.29, 1.82) is 0 Å². The summed E-state index contributed by atoms with van der Waals surface area (Å²) in [6.45, 7) is 2.66. The Morgan fingerprint density at radius 3 is 2.14 bits per heavy atom. The molecule has 0 saturated carbocycles. The normalized spacial score (nSPS) is 13.9. The van der Waals surface area contributed by atoms with Gasteiger partial charge in [0.15, 0.2) is 5.96 Å². The standard InChI is InChI=1S/C20H34N10O6/c1-10(27-15(31)7-21)16(32)30-14(6-12-8-24-9-26-12)18(34)28-11(2)17(33)29-13(19(35)36)4-3-5-25-20(22)23/h8-11,13-14H,3-7,21H2,1-2H3,(H,24,26)(H,27,31)(H,28,34)(H,29,33)(H,30,32)(H,35,36)(H4,22,23,25)/t10-,11-,13-,14-/m0/s1. The lowest BCUT2D eigenvalue weighted by molar-refractivity contribution is -0.142. The largest absolute Gasteiger partial charge is 0.480 e. The number of carboxylic acid groups (broad SMARTS) is 1. The smallest absolute Gasteiger partial charge is 0.326 e. The zero-order valence-electron chi connectivity index (χ0n) is 20.1. The molecular weight excluding hydrogens is 476 g/mol. The highest BCUT2D eigenvalue weighted by molar-refractivity contribution is 5.95. The van der Waals surface area contributed by atoms with Crippen LogP contribution in [0.1, 0.15) is 32.4 Å². The summed E-state index contributed by atoms with van der Waals surface area (Å²) in [7, 11) is 0. The molecule has 12 N–H and O–H groups in total. The molecule has 1 rings (SSSR count). The quantitative estimate of drug-likeness (QED) is 0.0627. The summed E-state index contributed by atoms with van der Waals surface area (Å²) in [5.41, 5.74) is 16.2. The molecule has 16 nitrogen and oxygen atoms in total. The summed E-state index contributed by atoms with van der Waals surface area (Å²) in [6, 6.07) is -4.47. The second-order valence-electron chi connectivity index (χ2n) is 7.91. The summed E-state index contributed by atoms with van der Waals surface area (Å²) in [5.74, 6) is -4.05. The predicted octanol–water partition coefficient (Wildman–Crippen LogP) is -3.97. The number of aliphatic carboxylic acids is 1. The van der Waals surface area contributed by atoms with Crippen molar-refractivity contribution in [3.05, 3.63) is 18.2 Å². The number of nitrogens with zero attached hydrogens (tertiary/aromatic N) is 2. The van der Waals surface area contributed by atoms with E-state index in [9.17, 15) is 29.1 Å². The molecule has 0 unspecified atom stereocenters. The van der Waals surface area contributed by atoms with E-state index in [1.165, 1.54) is 26.4 Å². The van der Waals surface area contributed by atoms with Gasteiger partial charge in [-0.3, -0.25) is 24.2 Å². The lowest BCUT2D eigenvalue weighted by atomic mass is 10.1. The highest BCUT2D eigenvalue weighted by Gasteiger charge is 2.29. The van der Waals surface area contributed by atoms with Gasteiger partial charge in [0, 0.05) is 24.9 Å². The average Bonchev–Trinajstić information content (AvgIpc) is 3.32. The molecule has 1 aromatic rings. The highest BCUT2D eigenvalue weighted by Crippen LogP contribution is 2.03. The number of amides is 4. The Balaban J connectivity index is 2.80. The molecule has 0 spiro atoms. The van der Waals surface area contributed by atoms with E-state index in [4.69, 9.17) is 17.2 Å². The van der Waals surface area contributed by atoms with E-state index >= 15 is 0 Å². The van der Waals surface area contributed by atoms with E-state index in [0.717, 1.165) is 0 Å². The fourth-order valence-electron chi connectivity index (χ4n) is 2.93. The van der Waals surface area contributed by atoms with Crippen molar-refractivity contribution in [1.82, 2.24) is 31.2 Å². The van der Waals surface area contributed by atoms with Crippen LogP contribution in [-0.4, -0.2) is 87.9 Å².